The highest BCUT2D eigenvalue weighted by molar-refractivity contribution is 5.78. The number of nitrogens with two attached hydrogens (primary N) is 1. The van der Waals surface area contributed by atoms with Gasteiger partial charge in [0.1, 0.15) is 5.54 Å². The van der Waals surface area contributed by atoms with Gasteiger partial charge in [0.15, 0.2) is 0 Å². The van der Waals surface area contributed by atoms with Crippen molar-refractivity contribution in [3.05, 3.63) is 70.8 Å². The molecule has 0 radical (unpaired) electrons. The van der Waals surface area contributed by atoms with Crippen LogP contribution < -0.4 is 5.73 Å². The Hall–Kier alpha value is -2.59. The van der Waals surface area contributed by atoms with Crippen LogP contribution in [0.5, 0.6) is 0 Å². The summed E-state index contributed by atoms with van der Waals surface area (Å²) in [6, 6.07) is 10.5. The Bertz CT molecular complexity index is 979. The number of halogens is 6. The zero-order valence-electron chi connectivity index (χ0n) is 18.3. The zero-order chi connectivity index (χ0) is 25.4. The molecular formula is C24H25F6NO3. The quantitative estimate of drug-likeness (QED) is 0.482. The molecule has 2 aromatic rings. The Kier molecular flexibility index (Phi) is 7.06. The van der Waals surface area contributed by atoms with Crippen LogP contribution >= 0.6 is 0 Å². The number of aliphatic carboxylic acids is 1. The van der Waals surface area contributed by atoms with Gasteiger partial charge in [0.25, 0.3) is 0 Å². The van der Waals surface area contributed by atoms with E-state index in [-0.39, 0.29) is 31.1 Å². The highest BCUT2D eigenvalue weighted by Gasteiger charge is 2.46. The molecule has 0 aromatic heterocycles. The van der Waals surface area contributed by atoms with Crippen LogP contribution in [0.25, 0.3) is 0 Å². The molecule has 4 nitrogen and oxygen atoms in total. The predicted molar refractivity (Wildman–Crippen MR) is 112 cm³/mol. The third kappa shape index (κ3) is 5.55. The summed E-state index contributed by atoms with van der Waals surface area (Å²) in [5.41, 5.74) is 1.72. The number of carboxylic acids is 1. The summed E-state index contributed by atoms with van der Waals surface area (Å²) >= 11 is 0. The van der Waals surface area contributed by atoms with E-state index in [0.29, 0.717) is 25.0 Å². The average molecular weight is 489 g/mol. The Morgan fingerprint density at radius 2 is 1.47 bits per heavy atom. The third-order valence-electron chi connectivity index (χ3n) is 6.60. The van der Waals surface area contributed by atoms with Gasteiger partial charge >= 0.3 is 18.3 Å². The molecule has 0 aliphatic heterocycles. The fourth-order valence-corrected chi connectivity index (χ4v) is 4.29. The van der Waals surface area contributed by atoms with Gasteiger partial charge in [0.05, 0.1) is 23.8 Å². The van der Waals surface area contributed by atoms with E-state index in [1.807, 2.05) is 12.1 Å². The maximum atomic E-state index is 13.2. The molecule has 1 aliphatic carbocycles. The molecule has 0 bridgehead atoms. The molecular weight excluding hydrogens is 464 g/mol. The predicted octanol–water partition coefficient (Wildman–Crippen LogP) is 6.10. The van der Waals surface area contributed by atoms with Gasteiger partial charge in [-0.2, -0.15) is 26.3 Å². The van der Waals surface area contributed by atoms with Crippen LogP contribution in [-0.4, -0.2) is 23.2 Å². The fraction of sp³-hybridized carbons (Fsp3) is 0.458. The lowest BCUT2D eigenvalue weighted by Crippen LogP contribution is -2.54. The maximum Gasteiger partial charge on any atom is 0.416 e. The first-order valence-electron chi connectivity index (χ1n) is 10.7. The molecule has 1 saturated carbocycles. The highest BCUT2D eigenvalue weighted by Crippen LogP contribution is 2.44. The second-order valence-corrected chi connectivity index (χ2v) is 8.90. The minimum atomic E-state index is -4.95. The molecule has 2 aromatic carbocycles. The molecule has 3 rings (SSSR count). The smallest absolute Gasteiger partial charge is 0.416 e. The minimum Gasteiger partial charge on any atom is -0.480 e. The highest BCUT2D eigenvalue weighted by atomic mass is 19.4. The van der Waals surface area contributed by atoms with Crippen molar-refractivity contribution in [3.8, 4) is 0 Å². The molecule has 0 amide bonds. The summed E-state index contributed by atoms with van der Waals surface area (Å²) in [6.07, 6.45) is -10.0. The molecule has 1 fully saturated rings. The van der Waals surface area contributed by atoms with Crippen molar-refractivity contribution in [3.63, 3.8) is 0 Å². The maximum absolute atomic E-state index is 13.2. The Labute approximate surface area is 192 Å². The van der Waals surface area contributed by atoms with E-state index >= 15 is 0 Å². The number of benzene rings is 2. The van der Waals surface area contributed by atoms with Crippen LogP contribution in [0.3, 0.4) is 0 Å². The number of carboxylic acid groups (broad SMARTS) is 1. The number of carbonyl (C=O) groups is 1. The Morgan fingerprint density at radius 3 is 1.91 bits per heavy atom. The summed E-state index contributed by atoms with van der Waals surface area (Å²) in [5, 5.41) is 9.45. The number of hydrogen-bond acceptors (Lipinski definition) is 3. The van der Waals surface area contributed by atoms with E-state index in [1.54, 1.807) is 18.2 Å². The van der Waals surface area contributed by atoms with Crippen molar-refractivity contribution < 1.29 is 41.0 Å². The molecule has 10 heteroatoms. The summed E-state index contributed by atoms with van der Waals surface area (Å²) < 4.78 is 85.2. The van der Waals surface area contributed by atoms with Crippen LogP contribution in [0.4, 0.5) is 26.3 Å². The lowest BCUT2D eigenvalue weighted by atomic mass is 9.64. The normalized spacial score (nSPS) is 24.6. The van der Waals surface area contributed by atoms with Crippen LogP contribution in [0.15, 0.2) is 48.5 Å². The van der Waals surface area contributed by atoms with Crippen molar-refractivity contribution in [2.75, 3.05) is 6.61 Å². The molecule has 0 unspecified atom stereocenters. The molecule has 1 aliphatic rings. The number of alkyl halides is 6. The van der Waals surface area contributed by atoms with Crippen molar-refractivity contribution in [2.45, 2.75) is 62.0 Å². The van der Waals surface area contributed by atoms with Gasteiger partial charge in [-0.05, 0) is 61.9 Å². The summed E-state index contributed by atoms with van der Waals surface area (Å²) in [7, 11) is 0. The number of hydrogen-bond donors (Lipinski definition) is 2. The molecule has 0 saturated heterocycles. The monoisotopic (exact) mass is 489 g/mol. The van der Waals surface area contributed by atoms with E-state index < -0.39 is 46.5 Å². The van der Waals surface area contributed by atoms with Crippen molar-refractivity contribution in [1.29, 1.82) is 0 Å². The molecule has 3 N–H and O–H groups in total. The van der Waals surface area contributed by atoms with Crippen LogP contribution in [-0.2, 0) is 27.3 Å². The van der Waals surface area contributed by atoms with Crippen LogP contribution in [0.2, 0.25) is 0 Å². The van der Waals surface area contributed by atoms with Gasteiger partial charge in [-0.3, -0.25) is 4.79 Å². The van der Waals surface area contributed by atoms with Crippen LogP contribution in [0.1, 0.15) is 61.0 Å². The van der Waals surface area contributed by atoms with E-state index in [9.17, 15) is 36.2 Å². The first-order chi connectivity index (χ1) is 15.7. The molecule has 1 atom stereocenters. The number of rotatable bonds is 6. The first kappa shape index (κ1) is 26.0. The largest absolute Gasteiger partial charge is 0.480 e. The Morgan fingerprint density at radius 1 is 0.971 bits per heavy atom. The van der Waals surface area contributed by atoms with Crippen molar-refractivity contribution in [1.82, 2.24) is 0 Å². The van der Waals surface area contributed by atoms with Gasteiger partial charge in [-0.25, -0.2) is 0 Å². The lowest BCUT2D eigenvalue weighted by Gasteiger charge is -2.43. The number of ether oxygens (including phenoxy) is 1. The zero-order valence-corrected chi connectivity index (χ0v) is 18.3. The SMILES string of the molecule is C[C@@H](OC[C@]1(c2ccccc2)CC[C@](N)(C(=O)O)CC1)c1cc(C(F)(F)F)cc(C(F)(F)F)c1. The first-order valence-corrected chi connectivity index (χ1v) is 10.7. The fourth-order valence-electron chi connectivity index (χ4n) is 4.29. The second kappa shape index (κ2) is 9.22. The van der Waals surface area contributed by atoms with E-state index in [2.05, 4.69) is 0 Å². The van der Waals surface area contributed by atoms with E-state index in [1.165, 1.54) is 6.92 Å². The minimum absolute atomic E-state index is 0.0223. The van der Waals surface area contributed by atoms with Crippen molar-refractivity contribution >= 4 is 5.97 Å². The average Bonchev–Trinajstić information content (AvgIpc) is 2.78. The lowest BCUT2D eigenvalue weighted by molar-refractivity contribution is -0.146. The van der Waals surface area contributed by atoms with E-state index in [0.717, 1.165) is 5.56 Å². The van der Waals surface area contributed by atoms with E-state index in [4.69, 9.17) is 10.5 Å². The van der Waals surface area contributed by atoms with Crippen molar-refractivity contribution in [2.24, 2.45) is 5.73 Å². The third-order valence-corrected chi connectivity index (χ3v) is 6.60. The summed E-state index contributed by atoms with van der Waals surface area (Å²) in [6.45, 7) is 1.37. The van der Waals surface area contributed by atoms with Gasteiger partial charge in [0.2, 0.25) is 0 Å². The Balaban J connectivity index is 1.89. The van der Waals surface area contributed by atoms with Gasteiger partial charge in [-0.15, -0.1) is 0 Å². The second-order valence-electron chi connectivity index (χ2n) is 8.90. The summed E-state index contributed by atoms with van der Waals surface area (Å²) in [5.74, 6) is -1.12. The van der Waals surface area contributed by atoms with Gasteiger partial charge < -0.3 is 15.6 Å². The standard InChI is InChI=1S/C24H25F6NO3/c1-15(16-11-18(23(25,26)27)13-19(12-16)24(28,29)30)34-14-21(17-5-3-2-4-6-17)7-9-22(31,10-8-21)20(32)33/h2-6,11-13,15H,7-10,14,31H2,1H3,(H,32,33)/t15-,21-,22+/m1/s1. The molecule has 0 spiro atoms. The molecule has 186 valence electrons. The molecule has 0 heterocycles. The van der Waals surface area contributed by atoms with Crippen LogP contribution in [0, 0.1) is 0 Å². The van der Waals surface area contributed by atoms with Gasteiger partial charge in [0, 0.05) is 5.41 Å². The topological polar surface area (TPSA) is 72.5 Å². The molecule has 34 heavy (non-hydrogen) atoms. The van der Waals surface area contributed by atoms with Gasteiger partial charge in [-0.1, -0.05) is 30.3 Å². The summed E-state index contributed by atoms with van der Waals surface area (Å²) in [4.78, 5) is 11.6.